The summed E-state index contributed by atoms with van der Waals surface area (Å²) in [6, 6.07) is 15.7. The largest absolute Gasteiger partial charge is 0.350 e. The second-order valence-corrected chi connectivity index (χ2v) is 7.84. The van der Waals surface area contributed by atoms with Gasteiger partial charge in [-0.3, -0.25) is 14.4 Å². The van der Waals surface area contributed by atoms with E-state index in [-0.39, 0.29) is 12.5 Å². The summed E-state index contributed by atoms with van der Waals surface area (Å²) >= 11 is 2.21. The van der Waals surface area contributed by atoms with Crippen molar-refractivity contribution in [3.05, 3.63) is 69.3 Å². The summed E-state index contributed by atoms with van der Waals surface area (Å²) in [5.41, 5.74) is 7.16. The van der Waals surface area contributed by atoms with Crippen molar-refractivity contribution in [1.29, 1.82) is 0 Å². The first-order chi connectivity index (χ1) is 13.9. The van der Waals surface area contributed by atoms with Crippen LogP contribution in [-0.4, -0.2) is 36.3 Å². The molecular formula is C21H25IN4O3. The number of carbonyl (C=O) groups is 3. The van der Waals surface area contributed by atoms with Crippen molar-refractivity contribution < 1.29 is 14.4 Å². The van der Waals surface area contributed by atoms with Gasteiger partial charge < -0.3 is 21.7 Å². The molecule has 154 valence electrons. The minimum Gasteiger partial charge on any atom is -0.350 e. The Morgan fingerprint density at radius 2 is 1.66 bits per heavy atom. The fourth-order valence-corrected chi connectivity index (χ4v) is 3.29. The minimum atomic E-state index is -0.798. The monoisotopic (exact) mass is 508 g/mol. The molecule has 5 N–H and O–H groups in total. The Labute approximate surface area is 184 Å². The number of amides is 3. The van der Waals surface area contributed by atoms with Gasteiger partial charge in [0.2, 0.25) is 17.7 Å². The Bertz CT molecular complexity index is 845. The first-order valence-electron chi connectivity index (χ1n) is 9.25. The van der Waals surface area contributed by atoms with Crippen LogP contribution in [0.3, 0.4) is 0 Å². The van der Waals surface area contributed by atoms with Crippen molar-refractivity contribution in [3.63, 3.8) is 0 Å². The fourth-order valence-electron chi connectivity index (χ4n) is 2.68. The van der Waals surface area contributed by atoms with E-state index in [1.54, 1.807) is 6.92 Å². The predicted octanol–water partition coefficient (Wildman–Crippen LogP) is 1.10. The van der Waals surface area contributed by atoms with E-state index >= 15 is 0 Å². The molecule has 0 unspecified atom stereocenters. The molecule has 3 amide bonds. The highest BCUT2D eigenvalue weighted by Crippen LogP contribution is 2.08. The molecule has 29 heavy (non-hydrogen) atoms. The summed E-state index contributed by atoms with van der Waals surface area (Å²) in [4.78, 5) is 36.7. The van der Waals surface area contributed by atoms with Gasteiger partial charge in [-0.25, -0.2) is 0 Å². The summed E-state index contributed by atoms with van der Waals surface area (Å²) in [6.45, 7) is 1.70. The highest BCUT2D eigenvalue weighted by atomic mass is 127. The molecule has 0 aliphatic carbocycles. The lowest BCUT2D eigenvalue weighted by Gasteiger charge is -2.21. The lowest BCUT2D eigenvalue weighted by atomic mass is 10.0. The van der Waals surface area contributed by atoms with E-state index in [9.17, 15) is 14.4 Å². The maximum absolute atomic E-state index is 12.8. The van der Waals surface area contributed by atoms with E-state index in [2.05, 4.69) is 38.5 Å². The molecule has 0 spiro atoms. The summed E-state index contributed by atoms with van der Waals surface area (Å²) < 4.78 is 1.08. The molecule has 0 radical (unpaired) electrons. The van der Waals surface area contributed by atoms with Crippen LogP contribution in [0.25, 0.3) is 0 Å². The van der Waals surface area contributed by atoms with Gasteiger partial charge >= 0.3 is 0 Å². The summed E-state index contributed by atoms with van der Waals surface area (Å²) in [5.74, 6) is -1.18. The molecule has 2 atom stereocenters. The van der Waals surface area contributed by atoms with Crippen molar-refractivity contribution >= 4 is 40.3 Å². The fraction of sp³-hybridized carbons (Fsp3) is 0.286. The highest BCUT2D eigenvalue weighted by Gasteiger charge is 2.24. The molecule has 0 aliphatic rings. The van der Waals surface area contributed by atoms with Crippen LogP contribution >= 0.6 is 22.6 Å². The summed E-state index contributed by atoms with van der Waals surface area (Å²) in [5, 5.41) is 8.11. The van der Waals surface area contributed by atoms with E-state index in [1.165, 1.54) is 0 Å². The maximum Gasteiger partial charge on any atom is 0.243 e. The number of nitrogens with two attached hydrogens (primary N) is 1. The second-order valence-electron chi connectivity index (χ2n) is 6.59. The summed E-state index contributed by atoms with van der Waals surface area (Å²) in [6.07, 6.45) is 0.336. The first kappa shape index (κ1) is 22.8. The molecule has 7 nitrogen and oxygen atoms in total. The lowest BCUT2D eigenvalue weighted by molar-refractivity contribution is -0.131. The molecule has 2 aromatic rings. The van der Waals surface area contributed by atoms with Crippen LogP contribution in [0.1, 0.15) is 18.1 Å². The van der Waals surface area contributed by atoms with Gasteiger partial charge in [0, 0.05) is 16.5 Å². The quantitative estimate of drug-likeness (QED) is 0.380. The lowest BCUT2D eigenvalue weighted by Crippen LogP contribution is -2.54. The van der Waals surface area contributed by atoms with Crippen LogP contribution in [0.15, 0.2) is 54.6 Å². The first-order valence-corrected chi connectivity index (χ1v) is 10.3. The molecule has 0 saturated heterocycles. The van der Waals surface area contributed by atoms with Gasteiger partial charge in [0.05, 0.1) is 6.54 Å². The van der Waals surface area contributed by atoms with Crippen LogP contribution < -0.4 is 21.7 Å². The second kappa shape index (κ2) is 11.5. The van der Waals surface area contributed by atoms with Gasteiger partial charge in [0.15, 0.2) is 0 Å². The number of hydrogen-bond donors (Lipinski definition) is 4. The average Bonchev–Trinajstić information content (AvgIpc) is 2.72. The van der Waals surface area contributed by atoms with E-state index in [0.29, 0.717) is 13.0 Å². The highest BCUT2D eigenvalue weighted by molar-refractivity contribution is 14.1. The zero-order chi connectivity index (χ0) is 21.2. The van der Waals surface area contributed by atoms with Crippen molar-refractivity contribution in [1.82, 2.24) is 16.0 Å². The zero-order valence-corrected chi connectivity index (χ0v) is 18.3. The van der Waals surface area contributed by atoms with Gasteiger partial charge in [0.1, 0.15) is 12.1 Å². The third-order valence-electron chi connectivity index (χ3n) is 4.23. The van der Waals surface area contributed by atoms with Crippen molar-refractivity contribution in [2.24, 2.45) is 5.73 Å². The molecule has 0 saturated carbocycles. The average molecular weight is 508 g/mol. The van der Waals surface area contributed by atoms with Crippen molar-refractivity contribution in [2.45, 2.75) is 32.0 Å². The van der Waals surface area contributed by atoms with Crippen LogP contribution in [-0.2, 0) is 27.3 Å². The molecule has 8 heteroatoms. The van der Waals surface area contributed by atoms with Crippen LogP contribution in [0, 0.1) is 3.57 Å². The van der Waals surface area contributed by atoms with Gasteiger partial charge in [0.25, 0.3) is 0 Å². The number of halogens is 1. The third kappa shape index (κ3) is 7.82. The molecule has 0 heterocycles. The third-order valence-corrected chi connectivity index (χ3v) is 4.90. The Morgan fingerprint density at radius 3 is 2.31 bits per heavy atom. The molecule has 0 bridgehead atoms. The van der Waals surface area contributed by atoms with E-state index in [1.807, 2.05) is 54.6 Å². The van der Waals surface area contributed by atoms with Gasteiger partial charge in [-0.1, -0.05) is 42.5 Å². The van der Waals surface area contributed by atoms with Gasteiger partial charge in [-0.05, 0) is 52.8 Å². The molecule has 2 aromatic carbocycles. The Morgan fingerprint density at radius 1 is 0.966 bits per heavy atom. The molecular weight excluding hydrogens is 483 g/mol. The molecule has 2 rings (SSSR count). The number of hydrogen-bond acceptors (Lipinski definition) is 4. The zero-order valence-electron chi connectivity index (χ0n) is 16.2. The van der Waals surface area contributed by atoms with Crippen LogP contribution in [0.2, 0.25) is 0 Å². The maximum atomic E-state index is 12.8. The predicted molar refractivity (Wildman–Crippen MR) is 120 cm³/mol. The SMILES string of the molecule is C[C@H](NC(=O)CN)C(=O)N[C@H](Cc1ccccc1)C(=O)NCc1cccc(I)c1. The number of nitrogens with one attached hydrogen (secondary N) is 3. The van der Waals surface area contributed by atoms with E-state index < -0.39 is 23.9 Å². The normalized spacial score (nSPS) is 12.5. The Kier molecular flexibility index (Phi) is 9.07. The minimum absolute atomic E-state index is 0.207. The topological polar surface area (TPSA) is 113 Å². The standard InChI is InChI=1S/C21H25IN4O3/c1-14(25-19(27)12-23)20(28)26-18(11-15-6-3-2-4-7-15)21(29)24-13-16-8-5-9-17(22)10-16/h2-10,14,18H,11-13,23H2,1H3,(H,24,29)(H,25,27)(H,26,28)/t14-,18+/m0/s1. The number of benzene rings is 2. The molecule has 0 fully saturated rings. The van der Waals surface area contributed by atoms with Crippen molar-refractivity contribution in [3.8, 4) is 0 Å². The molecule has 0 aliphatic heterocycles. The number of carbonyl (C=O) groups excluding carboxylic acids is 3. The summed E-state index contributed by atoms with van der Waals surface area (Å²) in [7, 11) is 0. The van der Waals surface area contributed by atoms with Gasteiger partial charge in [-0.15, -0.1) is 0 Å². The smallest absolute Gasteiger partial charge is 0.243 e. The number of rotatable bonds is 9. The van der Waals surface area contributed by atoms with E-state index in [0.717, 1.165) is 14.7 Å². The Hall–Kier alpha value is -2.46. The van der Waals surface area contributed by atoms with Gasteiger partial charge in [-0.2, -0.15) is 0 Å². The van der Waals surface area contributed by atoms with Crippen molar-refractivity contribution in [2.75, 3.05) is 6.54 Å². The Balaban J connectivity index is 2.06. The van der Waals surface area contributed by atoms with E-state index in [4.69, 9.17) is 5.73 Å². The molecule has 0 aromatic heterocycles. The van der Waals surface area contributed by atoms with Crippen LogP contribution in [0.5, 0.6) is 0 Å². The van der Waals surface area contributed by atoms with Crippen LogP contribution in [0.4, 0.5) is 0 Å².